The lowest BCUT2D eigenvalue weighted by molar-refractivity contribution is -0.136. The first-order valence-electron chi connectivity index (χ1n) is 10.1. The molecule has 2 saturated heterocycles. The SMILES string of the molecule is CC1CNCCC1N(C)Cc1ccc2c(c1)CN(C1CCC(=O)NC1=O)C2=O. The molecule has 0 bridgehead atoms. The summed E-state index contributed by atoms with van der Waals surface area (Å²) < 4.78 is 0. The average Bonchev–Trinajstić information content (AvgIpc) is 2.98. The molecule has 28 heavy (non-hydrogen) atoms. The van der Waals surface area contributed by atoms with Crippen LogP contribution in [0.25, 0.3) is 0 Å². The second kappa shape index (κ2) is 7.64. The molecule has 3 unspecified atom stereocenters. The molecule has 2 N–H and O–H groups in total. The van der Waals surface area contributed by atoms with Crippen LogP contribution in [0.4, 0.5) is 0 Å². The fourth-order valence-electron chi connectivity index (χ4n) is 4.79. The molecule has 7 nitrogen and oxygen atoms in total. The number of hydrogen-bond donors (Lipinski definition) is 2. The number of rotatable bonds is 4. The third-order valence-electron chi connectivity index (χ3n) is 6.33. The molecule has 0 radical (unpaired) electrons. The smallest absolute Gasteiger partial charge is 0.255 e. The quantitative estimate of drug-likeness (QED) is 0.753. The van der Waals surface area contributed by atoms with Crippen LogP contribution in [0.2, 0.25) is 0 Å². The summed E-state index contributed by atoms with van der Waals surface area (Å²) in [6, 6.07) is 6.00. The number of carbonyl (C=O) groups excluding carboxylic acids is 3. The molecular formula is C21H28N4O3. The van der Waals surface area contributed by atoms with E-state index in [1.165, 1.54) is 5.56 Å². The zero-order valence-corrected chi connectivity index (χ0v) is 16.5. The van der Waals surface area contributed by atoms with Crippen molar-refractivity contribution >= 4 is 17.7 Å². The van der Waals surface area contributed by atoms with Gasteiger partial charge in [0.05, 0.1) is 0 Å². The van der Waals surface area contributed by atoms with E-state index in [9.17, 15) is 14.4 Å². The van der Waals surface area contributed by atoms with Crippen LogP contribution in [0.15, 0.2) is 18.2 Å². The van der Waals surface area contributed by atoms with Crippen molar-refractivity contribution in [1.82, 2.24) is 20.4 Å². The molecule has 0 aliphatic carbocycles. The Hall–Kier alpha value is -2.25. The van der Waals surface area contributed by atoms with Gasteiger partial charge in [0.1, 0.15) is 6.04 Å². The minimum absolute atomic E-state index is 0.114. The molecule has 3 amide bonds. The second-order valence-electron chi connectivity index (χ2n) is 8.34. The van der Waals surface area contributed by atoms with Crippen LogP contribution >= 0.6 is 0 Å². The van der Waals surface area contributed by atoms with Crippen LogP contribution in [0, 0.1) is 5.92 Å². The molecule has 0 spiro atoms. The van der Waals surface area contributed by atoms with Gasteiger partial charge in [-0.25, -0.2) is 0 Å². The fourth-order valence-corrected chi connectivity index (χ4v) is 4.79. The minimum Gasteiger partial charge on any atom is -0.322 e. The minimum atomic E-state index is -0.556. The van der Waals surface area contributed by atoms with Gasteiger partial charge in [-0.15, -0.1) is 0 Å². The van der Waals surface area contributed by atoms with Crippen molar-refractivity contribution in [3.8, 4) is 0 Å². The summed E-state index contributed by atoms with van der Waals surface area (Å²) >= 11 is 0. The molecule has 150 valence electrons. The molecule has 2 fully saturated rings. The van der Waals surface area contributed by atoms with Gasteiger partial charge in [-0.1, -0.05) is 19.1 Å². The van der Waals surface area contributed by atoms with E-state index in [4.69, 9.17) is 0 Å². The van der Waals surface area contributed by atoms with Gasteiger partial charge in [0.15, 0.2) is 0 Å². The summed E-state index contributed by atoms with van der Waals surface area (Å²) in [5, 5.41) is 5.79. The molecule has 3 aliphatic rings. The lowest BCUT2D eigenvalue weighted by Crippen LogP contribution is -2.52. The van der Waals surface area contributed by atoms with Crippen molar-refractivity contribution in [3.63, 3.8) is 0 Å². The van der Waals surface area contributed by atoms with Crippen LogP contribution in [0.3, 0.4) is 0 Å². The van der Waals surface area contributed by atoms with Crippen LogP contribution in [0.1, 0.15) is 47.7 Å². The van der Waals surface area contributed by atoms with E-state index in [2.05, 4.69) is 35.6 Å². The Labute approximate surface area is 165 Å². The predicted molar refractivity (Wildman–Crippen MR) is 104 cm³/mol. The topological polar surface area (TPSA) is 81.8 Å². The Kier molecular flexibility index (Phi) is 5.21. The Morgan fingerprint density at radius 3 is 2.79 bits per heavy atom. The molecule has 3 atom stereocenters. The van der Waals surface area contributed by atoms with E-state index >= 15 is 0 Å². The van der Waals surface area contributed by atoms with Crippen molar-refractivity contribution < 1.29 is 14.4 Å². The predicted octanol–water partition coefficient (Wildman–Crippen LogP) is 0.877. The Morgan fingerprint density at radius 1 is 1.21 bits per heavy atom. The zero-order valence-electron chi connectivity index (χ0n) is 16.5. The van der Waals surface area contributed by atoms with Crippen molar-refractivity contribution in [2.75, 3.05) is 20.1 Å². The van der Waals surface area contributed by atoms with Gasteiger partial charge in [-0.3, -0.25) is 24.6 Å². The highest BCUT2D eigenvalue weighted by molar-refractivity contribution is 6.05. The number of carbonyl (C=O) groups is 3. The Morgan fingerprint density at radius 2 is 2.04 bits per heavy atom. The summed E-state index contributed by atoms with van der Waals surface area (Å²) in [7, 11) is 2.17. The van der Waals surface area contributed by atoms with E-state index in [1.54, 1.807) is 4.90 Å². The van der Waals surface area contributed by atoms with Gasteiger partial charge in [-0.05, 0) is 56.1 Å². The highest BCUT2D eigenvalue weighted by Crippen LogP contribution is 2.29. The highest BCUT2D eigenvalue weighted by Gasteiger charge is 2.39. The number of benzene rings is 1. The third kappa shape index (κ3) is 3.56. The second-order valence-corrected chi connectivity index (χ2v) is 8.34. The lowest BCUT2D eigenvalue weighted by Gasteiger charge is -2.36. The third-order valence-corrected chi connectivity index (χ3v) is 6.33. The maximum Gasteiger partial charge on any atom is 0.255 e. The molecule has 7 heteroatoms. The van der Waals surface area contributed by atoms with Crippen LogP contribution < -0.4 is 10.6 Å². The molecule has 3 aliphatic heterocycles. The van der Waals surface area contributed by atoms with E-state index < -0.39 is 6.04 Å². The molecule has 1 aromatic carbocycles. The van der Waals surface area contributed by atoms with Gasteiger partial charge in [0.25, 0.3) is 5.91 Å². The number of amides is 3. The summed E-state index contributed by atoms with van der Waals surface area (Å²) in [5.41, 5.74) is 2.83. The molecule has 3 heterocycles. The fraction of sp³-hybridized carbons (Fsp3) is 0.571. The van der Waals surface area contributed by atoms with E-state index in [-0.39, 0.29) is 24.1 Å². The standard InChI is InChI=1S/C21H28N4O3/c1-13-10-22-8-7-17(13)24(2)11-14-3-4-16-15(9-14)12-25(21(16)28)18-5-6-19(26)23-20(18)27/h3-4,9,13,17-18,22H,5-8,10-12H2,1-2H3,(H,23,26,27). The van der Waals surface area contributed by atoms with Gasteiger partial charge in [-0.2, -0.15) is 0 Å². The van der Waals surface area contributed by atoms with E-state index in [0.29, 0.717) is 30.5 Å². The van der Waals surface area contributed by atoms with Crippen LogP contribution in [0.5, 0.6) is 0 Å². The zero-order chi connectivity index (χ0) is 19.8. The average molecular weight is 384 g/mol. The number of imide groups is 1. The lowest BCUT2D eigenvalue weighted by atomic mass is 9.93. The summed E-state index contributed by atoms with van der Waals surface area (Å²) in [5.74, 6) is -0.130. The molecule has 0 saturated carbocycles. The Balaban J connectivity index is 1.46. The van der Waals surface area contributed by atoms with Crippen molar-refractivity contribution in [2.45, 2.75) is 51.4 Å². The number of nitrogens with zero attached hydrogens (tertiary/aromatic N) is 2. The molecule has 4 rings (SSSR count). The van der Waals surface area contributed by atoms with Crippen LogP contribution in [-0.4, -0.2) is 59.7 Å². The number of fused-ring (bicyclic) bond motifs is 1. The van der Waals surface area contributed by atoms with Gasteiger partial charge in [0.2, 0.25) is 11.8 Å². The molecular weight excluding hydrogens is 356 g/mol. The van der Waals surface area contributed by atoms with E-state index in [1.807, 2.05) is 12.1 Å². The normalized spacial score (nSPS) is 27.9. The number of hydrogen-bond acceptors (Lipinski definition) is 5. The largest absolute Gasteiger partial charge is 0.322 e. The molecule has 1 aromatic rings. The Bertz CT molecular complexity index is 809. The van der Waals surface area contributed by atoms with Crippen molar-refractivity contribution in [2.24, 2.45) is 5.92 Å². The first-order valence-corrected chi connectivity index (χ1v) is 10.1. The van der Waals surface area contributed by atoms with Gasteiger partial charge in [0, 0.05) is 31.1 Å². The summed E-state index contributed by atoms with van der Waals surface area (Å²) in [4.78, 5) is 40.4. The highest BCUT2D eigenvalue weighted by atomic mass is 16.2. The molecule has 0 aromatic heterocycles. The van der Waals surface area contributed by atoms with Crippen molar-refractivity contribution in [1.29, 1.82) is 0 Å². The summed E-state index contributed by atoms with van der Waals surface area (Å²) in [6.45, 7) is 5.66. The monoisotopic (exact) mass is 384 g/mol. The van der Waals surface area contributed by atoms with Crippen molar-refractivity contribution in [3.05, 3.63) is 34.9 Å². The number of nitrogens with one attached hydrogen (secondary N) is 2. The summed E-state index contributed by atoms with van der Waals surface area (Å²) in [6.07, 6.45) is 1.82. The first-order chi connectivity index (χ1) is 13.4. The van der Waals surface area contributed by atoms with E-state index in [0.717, 1.165) is 31.6 Å². The van der Waals surface area contributed by atoms with Gasteiger partial charge < -0.3 is 10.2 Å². The number of piperidine rings is 2. The van der Waals surface area contributed by atoms with Crippen LogP contribution in [-0.2, 0) is 22.7 Å². The maximum atomic E-state index is 12.8. The first kappa shape index (κ1) is 19.1. The van der Waals surface area contributed by atoms with Gasteiger partial charge >= 0.3 is 0 Å². The maximum absolute atomic E-state index is 12.8.